The zero-order chi connectivity index (χ0) is 6.99. The van der Waals surface area contributed by atoms with Crippen LogP contribution in [0.15, 0.2) is 24.3 Å². The summed E-state index contributed by atoms with van der Waals surface area (Å²) in [5.41, 5.74) is 1.11. The lowest BCUT2D eigenvalue weighted by atomic mass is 10.3. The molecule has 0 fully saturated rings. The van der Waals surface area contributed by atoms with Crippen molar-refractivity contribution < 1.29 is 0 Å². The number of allylic oxidation sites excluding steroid dienone is 3. The quantitative estimate of drug-likeness (QED) is 0.372. The smallest absolute Gasteiger partial charge is 0.0404 e. The minimum Gasteiger partial charge on any atom is -0.124 e. The molecule has 0 heteroatoms. The highest BCUT2D eigenvalue weighted by Crippen LogP contribution is 1.85. The van der Waals surface area contributed by atoms with E-state index in [1.54, 1.807) is 0 Å². The van der Waals surface area contributed by atoms with E-state index in [9.17, 15) is 0 Å². The molecule has 0 aromatic rings. The van der Waals surface area contributed by atoms with Gasteiger partial charge in [0, 0.05) is 0 Å². The van der Waals surface area contributed by atoms with Crippen molar-refractivity contribution in [2.45, 2.75) is 21.3 Å². The summed E-state index contributed by atoms with van der Waals surface area (Å²) in [4.78, 5) is 0. The maximum absolute atomic E-state index is 4.00. The summed E-state index contributed by atoms with van der Waals surface area (Å²) >= 11 is 0. The predicted octanol–water partition coefficient (Wildman–Crippen LogP) is 3.02. The van der Waals surface area contributed by atoms with Crippen LogP contribution in [0.2, 0.25) is 0 Å². The number of hydrogen-bond donors (Lipinski definition) is 0. The molecule has 0 saturated heterocycles. The Bertz CT molecular complexity index is 93.9. The third-order valence-corrected chi connectivity index (χ3v) is 0.451. The molecule has 0 aliphatic carbocycles. The van der Waals surface area contributed by atoms with Gasteiger partial charge in [0.15, 0.2) is 0 Å². The van der Waals surface area contributed by atoms with Crippen LogP contribution >= 0.6 is 0 Å². The van der Waals surface area contributed by atoms with Crippen LogP contribution in [0.5, 0.6) is 0 Å². The molecule has 52 valence electrons. The molecule has 0 saturated carbocycles. The molecule has 9 heavy (non-hydrogen) atoms. The van der Waals surface area contributed by atoms with Crippen molar-refractivity contribution >= 4 is 0 Å². The number of hydrogen-bond acceptors (Lipinski definition) is 0. The minimum absolute atomic E-state index is 0. The van der Waals surface area contributed by atoms with Gasteiger partial charge in [-0.3, -0.25) is 0 Å². The largest absolute Gasteiger partial charge is 0.124 e. The Kier molecular flexibility index (Phi) is 27.4. The van der Waals surface area contributed by atoms with Gasteiger partial charge >= 0.3 is 0 Å². The van der Waals surface area contributed by atoms with Crippen molar-refractivity contribution in [1.82, 2.24) is 0 Å². The fourth-order valence-corrected chi connectivity index (χ4v) is 0.285. The fourth-order valence-electron chi connectivity index (χ4n) is 0.285. The molecule has 0 aromatic heterocycles. The predicted molar refractivity (Wildman–Crippen MR) is 46.2 cm³/mol. The molecular weight excluding hydrogens is 108 g/mol. The summed E-state index contributed by atoms with van der Waals surface area (Å²) in [5.74, 6) is 0. The third kappa shape index (κ3) is 43.0. The highest BCUT2D eigenvalue weighted by molar-refractivity contribution is 5.09. The van der Waals surface area contributed by atoms with E-state index in [-0.39, 0.29) is 7.43 Å². The first kappa shape index (κ1) is 15.7. The third-order valence-electron chi connectivity index (χ3n) is 0.451. The van der Waals surface area contributed by atoms with Crippen LogP contribution in [0.4, 0.5) is 0 Å². The van der Waals surface area contributed by atoms with Crippen molar-refractivity contribution in [3.05, 3.63) is 24.3 Å². The SMILES string of the molecule is C.C#C.C=C(C)/C=C\C. The standard InChI is InChI=1S/C6H10.C2H2.CH4/c1-4-5-6(2)3;1-2;/h4-5H,2H2,1,3H3;1-2H;1H4/b5-4-;;. The van der Waals surface area contributed by atoms with Gasteiger partial charge in [0.2, 0.25) is 0 Å². The molecule has 0 atom stereocenters. The van der Waals surface area contributed by atoms with Crippen molar-refractivity contribution in [2.24, 2.45) is 0 Å². The Labute approximate surface area is 59.3 Å². The fraction of sp³-hybridized carbons (Fsp3) is 0.333. The molecule has 0 unspecified atom stereocenters. The van der Waals surface area contributed by atoms with Gasteiger partial charge in [-0.05, 0) is 13.8 Å². The van der Waals surface area contributed by atoms with Crippen molar-refractivity contribution in [3.63, 3.8) is 0 Å². The second-order valence-corrected chi connectivity index (χ2v) is 1.35. The highest BCUT2D eigenvalue weighted by atomic mass is 13.7. The van der Waals surface area contributed by atoms with E-state index in [0.717, 1.165) is 5.57 Å². The van der Waals surface area contributed by atoms with Crippen LogP contribution in [-0.4, -0.2) is 0 Å². The molecule has 0 aromatic carbocycles. The lowest BCUT2D eigenvalue weighted by Crippen LogP contribution is -1.54. The van der Waals surface area contributed by atoms with Gasteiger partial charge in [-0.2, -0.15) is 0 Å². The van der Waals surface area contributed by atoms with Crippen LogP contribution in [0, 0.1) is 12.8 Å². The average Bonchev–Trinajstić information content (AvgIpc) is 1.72. The molecule has 0 radical (unpaired) electrons. The molecule has 0 rings (SSSR count). The Morgan fingerprint density at radius 3 is 1.78 bits per heavy atom. The van der Waals surface area contributed by atoms with Crippen LogP contribution < -0.4 is 0 Å². The molecule has 0 N–H and O–H groups in total. The van der Waals surface area contributed by atoms with Crippen LogP contribution in [0.1, 0.15) is 21.3 Å². The molecule has 0 heterocycles. The van der Waals surface area contributed by atoms with Gasteiger partial charge in [-0.25, -0.2) is 0 Å². The highest BCUT2D eigenvalue weighted by Gasteiger charge is 1.63. The molecule has 0 bridgehead atoms. The van der Waals surface area contributed by atoms with E-state index in [2.05, 4.69) is 19.4 Å². The van der Waals surface area contributed by atoms with Gasteiger partial charge in [0.1, 0.15) is 0 Å². The lowest BCUT2D eigenvalue weighted by molar-refractivity contribution is 1.54. The van der Waals surface area contributed by atoms with Gasteiger partial charge < -0.3 is 0 Å². The van der Waals surface area contributed by atoms with Crippen LogP contribution in [-0.2, 0) is 0 Å². The summed E-state index contributed by atoms with van der Waals surface area (Å²) in [5, 5.41) is 0. The first-order valence-corrected chi connectivity index (χ1v) is 2.39. The normalized spacial score (nSPS) is 6.67. The van der Waals surface area contributed by atoms with E-state index in [1.807, 2.05) is 26.0 Å². The van der Waals surface area contributed by atoms with E-state index >= 15 is 0 Å². The van der Waals surface area contributed by atoms with E-state index in [0.29, 0.717) is 0 Å². The minimum atomic E-state index is 0. The van der Waals surface area contributed by atoms with Gasteiger partial charge in [0.25, 0.3) is 0 Å². The maximum atomic E-state index is 4.00. The second kappa shape index (κ2) is 15.7. The second-order valence-electron chi connectivity index (χ2n) is 1.35. The monoisotopic (exact) mass is 124 g/mol. The first-order valence-electron chi connectivity index (χ1n) is 2.39. The summed E-state index contributed by atoms with van der Waals surface area (Å²) in [7, 11) is 0. The summed E-state index contributed by atoms with van der Waals surface area (Å²) < 4.78 is 0. The van der Waals surface area contributed by atoms with Crippen molar-refractivity contribution in [3.8, 4) is 12.8 Å². The van der Waals surface area contributed by atoms with E-state index in [4.69, 9.17) is 0 Å². The first-order chi connectivity index (χ1) is 3.77. The number of terminal acetylenes is 1. The topological polar surface area (TPSA) is 0 Å². The zero-order valence-electron chi connectivity index (χ0n) is 5.52. The maximum Gasteiger partial charge on any atom is -0.0404 e. The van der Waals surface area contributed by atoms with Gasteiger partial charge in [-0.1, -0.05) is 31.7 Å². The zero-order valence-corrected chi connectivity index (χ0v) is 5.52. The Morgan fingerprint density at radius 1 is 1.44 bits per heavy atom. The molecule has 0 spiro atoms. The van der Waals surface area contributed by atoms with Crippen molar-refractivity contribution in [1.29, 1.82) is 0 Å². The number of rotatable bonds is 1. The molecule has 0 aliphatic rings. The Balaban J connectivity index is -0.000000109. The van der Waals surface area contributed by atoms with Crippen LogP contribution in [0.3, 0.4) is 0 Å². The lowest BCUT2D eigenvalue weighted by Gasteiger charge is -1.75. The molecule has 0 nitrogen and oxygen atoms in total. The summed E-state index contributed by atoms with van der Waals surface area (Å²) in [6.45, 7) is 7.61. The summed E-state index contributed by atoms with van der Waals surface area (Å²) in [6, 6.07) is 0. The van der Waals surface area contributed by atoms with Gasteiger partial charge in [-0.15, -0.1) is 12.8 Å². The van der Waals surface area contributed by atoms with E-state index in [1.165, 1.54) is 0 Å². The molecule has 0 amide bonds. The Morgan fingerprint density at radius 2 is 1.78 bits per heavy atom. The van der Waals surface area contributed by atoms with Gasteiger partial charge in [0.05, 0.1) is 0 Å². The Hall–Kier alpha value is -0.960. The van der Waals surface area contributed by atoms with Crippen molar-refractivity contribution in [2.75, 3.05) is 0 Å². The van der Waals surface area contributed by atoms with E-state index < -0.39 is 0 Å². The van der Waals surface area contributed by atoms with Crippen LogP contribution in [0.25, 0.3) is 0 Å². The average molecular weight is 124 g/mol. The summed E-state index contributed by atoms with van der Waals surface area (Å²) in [6.07, 6.45) is 11.9. The molecular formula is C9H16. The molecule has 0 aliphatic heterocycles.